The average molecular weight is 242 g/mol. The van der Waals surface area contributed by atoms with Gasteiger partial charge in [-0.2, -0.15) is 0 Å². The van der Waals surface area contributed by atoms with E-state index in [1.165, 1.54) is 11.1 Å². The van der Waals surface area contributed by atoms with Crippen LogP contribution < -0.4 is 5.73 Å². The minimum absolute atomic E-state index is 0.244. The van der Waals surface area contributed by atoms with Gasteiger partial charge in [0.25, 0.3) is 0 Å². The molecule has 0 aliphatic carbocycles. The van der Waals surface area contributed by atoms with Crippen molar-refractivity contribution in [2.24, 2.45) is 5.73 Å². The van der Waals surface area contributed by atoms with Crippen LogP contribution in [0, 0.1) is 0 Å². The van der Waals surface area contributed by atoms with Gasteiger partial charge < -0.3 is 5.73 Å². The molecular weight excluding hydrogens is 226 g/mol. The molecule has 1 rings (SSSR count). The lowest BCUT2D eigenvalue weighted by atomic mass is 9.90. The normalized spacial score (nSPS) is 11.8. The molecule has 0 saturated heterocycles. The molecule has 2 N–H and O–H groups in total. The number of benzene rings is 1. The molecule has 2 heteroatoms. The largest absolute Gasteiger partial charge is 0.322 e. The van der Waals surface area contributed by atoms with Crippen molar-refractivity contribution in [1.29, 1.82) is 0 Å². The summed E-state index contributed by atoms with van der Waals surface area (Å²) < 4.78 is 1.12. The van der Waals surface area contributed by atoms with Crippen molar-refractivity contribution in [1.82, 2.24) is 0 Å². The lowest BCUT2D eigenvalue weighted by molar-refractivity contribution is 0.548. The number of aryl methyl sites for hydroxylation is 1. The second-order valence-corrected chi connectivity index (χ2v) is 4.79. The summed E-state index contributed by atoms with van der Waals surface area (Å²) in [5.74, 6) is 0. The molecule has 0 radical (unpaired) electrons. The summed E-state index contributed by atoms with van der Waals surface area (Å²) in [6, 6.07) is 6.29. The van der Waals surface area contributed by atoms with Crippen molar-refractivity contribution >= 4 is 15.9 Å². The molecule has 0 aromatic heterocycles. The molecule has 0 atom stereocenters. The topological polar surface area (TPSA) is 26.0 Å². The highest BCUT2D eigenvalue weighted by Crippen LogP contribution is 2.24. The number of hydrogen-bond acceptors (Lipinski definition) is 1. The van der Waals surface area contributed by atoms with Crippen molar-refractivity contribution in [3.8, 4) is 0 Å². The van der Waals surface area contributed by atoms with Crippen LogP contribution >= 0.6 is 15.9 Å². The van der Waals surface area contributed by atoms with Crippen LogP contribution in [-0.4, -0.2) is 0 Å². The Morgan fingerprint density at radius 2 is 2.00 bits per heavy atom. The fourth-order valence-electron chi connectivity index (χ4n) is 1.48. The van der Waals surface area contributed by atoms with Gasteiger partial charge in [-0.05, 0) is 43.5 Å². The zero-order valence-electron chi connectivity index (χ0n) is 8.39. The zero-order chi connectivity index (χ0) is 10.1. The SMILES string of the molecule is CCc1cc(Br)ccc1C(C)(C)N. The summed E-state index contributed by atoms with van der Waals surface area (Å²) in [4.78, 5) is 0. The second-order valence-electron chi connectivity index (χ2n) is 3.88. The predicted octanol–water partition coefficient (Wildman–Crippen LogP) is 3.21. The molecule has 72 valence electrons. The molecule has 0 fully saturated rings. The van der Waals surface area contributed by atoms with E-state index in [1.54, 1.807) is 0 Å². The first-order valence-corrected chi connectivity index (χ1v) is 5.32. The van der Waals surface area contributed by atoms with Crippen molar-refractivity contribution in [3.05, 3.63) is 33.8 Å². The van der Waals surface area contributed by atoms with Gasteiger partial charge in [-0.1, -0.05) is 28.9 Å². The first kappa shape index (κ1) is 10.7. The predicted molar refractivity (Wildman–Crippen MR) is 60.7 cm³/mol. The third kappa shape index (κ3) is 2.55. The molecule has 0 spiro atoms. The van der Waals surface area contributed by atoms with Crippen LogP contribution in [0.15, 0.2) is 22.7 Å². The fraction of sp³-hybridized carbons (Fsp3) is 0.455. The van der Waals surface area contributed by atoms with Gasteiger partial charge in [0.15, 0.2) is 0 Å². The first-order chi connectivity index (χ1) is 5.95. The molecule has 1 aromatic carbocycles. The van der Waals surface area contributed by atoms with Crippen molar-refractivity contribution in [2.75, 3.05) is 0 Å². The van der Waals surface area contributed by atoms with E-state index in [4.69, 9.17) is 5.73 Å². The highest BCUT2D eigenvalue weighted by molar-refractivity contribution is 9.10. The van der Waals surface area contributed by atoms with Crippen LogP contribution in [0.5, 0.6) is 0 Å². The van der Waals surface area contributed by atoms with Crippen molar-refractivity contribution in [3.63, 3.8) is 0 Å². The Balaban J connectivity index is 3.22. The standard InChI is InChI=1S/C11H16BrN/c1-4-8-7-9(12)5-6-10(8)11(2,3)13/h5-7H,4,13H2,1-3H3. The van der Waals surface area contributed by atoms with E-state index in [0.717, 1.165) is 10.9 Å². The van der Waals surface area contributed by atoms with Gasteiger partial charge in [-0.15, -0.1) is 0 Å². The van der Waals surface area contributed by atoms with Gasteiger partial charge in [0.2, 0.25) is 0 Å². The third-order valence-electron chi connectivity index (χ3n) is 2.14. The molecule has 13 heavy (non-hydrogen) atoms. The maximum Gasteiger partial charge on any atom is 0.0355 e. The molecule has 0 unspecified atom stereocenters. The number of rotatable bonds is 2. The highest BCUT2D eigenvalue weighted by Gasteiger charge is 2.17. The zero-order valence-corrected chi connectivity index (χ0v) is 9.98. The lowest BCUT2D eigenvalue weighted by Gasteiger charge is -2.22. The van der Waals surface area contributed by atoms with Gasteiger partial charge in [0, 0.05) is 10.0 Å². The van der Waals surface area contributed by atoms with E-state index in [-0.39, 0.29) is 5.54 Å². The molecule has 1 aromatic rings. The third-order valence-corrected chi connectivity index (χ3v) is 2.64. The Kier molecular flexibility index (Phi) is 3.14. The van der Waals surface area contributed by atoms with Crippen molar-refractivity contribution < 1.29 is 0 Å². The smallest absolute Gasteiger partial charge is 0.0355 e. The minimum atomic E-state index is -0.244. The molecule has 0 amide bonds. The summed E-state index contributed by atoms with van der Waals surface area (Å²) in [5, 5.41) is 0. The first-order valence-electron chi connectivity index (χ1n) is 4.53. The van der Waals surface area contributed by atoms with E-state index < -0.39 is 0 Å². The molecule has 0 aliphatic heterocycles. The molecule has 0 bridgehead atoms. The van der Waals surface area contributed by atoms with Crippen LogP contribution in [0.3, 0.4) is 0 Å². The maximum atomic E-state index is 6.07. The monoisotopic (exact) mass is 241 g/mol. The average Bonchev–Trinajstić information content (AvgIpc) is 2.01. The van der Waals surface area contributed by atoms with E-state index in [9.17, 15) is 0 Å². The molecule has 0 aliphatic rings. The summed E-state index contributed by atoms with van der Waals surface area (Å²) in [6.45, 7) is 6.22. The van der Waals surface area contributed by atoms with Gasteiger partial charge in [0.1, 0.15) is 0 Å². The Bertz CT molecular complexity index is 299. The van der Waals surface area contributed by atoms with Crippen molar-refractivity contribution in [2.45, 2.75) is 32.7 Å². The summed E-state index contributed by atoms with van der Waals surface area (Å²) >= 11 is 3.46. The van der Waals surface area contributed by atoms with Crippen LogP contribution in [-0.2, 0) is 12.0 Å². The molecular formula is C11H16BrN. The number of nitrogens with two attached hydrogens (primary N) is 1. The molecule has 0 heterocycles. The Labute approximate surface area is 88.5 Å². The Morgan fingerprint density at radius 3 is 2.46 bits per heavy atom. The Morgan fingerprint density at radius 1 is 1.38 bits per heavy atom. The summed E-state index contributed by atoms with van der Waals surface area (Å²) in [6.07, 6.45) is 1.02. The number of halogens is 1. The van der Waals surface area contributed by atoms with E-state index >= 15 is 0 Å². The van der Waals surface area contributed by atoms with Gasteiger partial charge in [0.05, 0.1) is 0 Å². The maximum absolute atomic E-state index is 6.07. The number of hydrogen-bond donors (Lipinski definition) is 1. The van der Waals surface area contributed by atoms with E-state index in [0.29, 0.717) is 0 Å². The Hall–Kier alpha value is -0.340. The molecule has 0 saturated carbocycles. The van der Waals surface area contributed by atoms with Gasteiger partial charge in [-0.3, -0.25) is 0 Å². The van der Waals surface area contributed by atoms with Crippen LogP contribution in [0.2, 0.25) is 0 Å². The van der Waals surface area contributed by atoms with Gasteiger partial charge in [-0.25, -0.2) is 0 Å². The van der Waals surface area contributed by atoms with Crippen LogP contribution in [0.25, 0.3) is 0 Å². The lowest BCUT2D eigenvalue weighted by Crippen LogP contribution is -2.29. The van der Waals surface area contributed by atoms with Crippen LogP contribution in [0.1, 0.15) is 31.9 Å². The second kappa shape index (κ2) is 3.81. The van der Waals surface area contributed by atoms with Crippen LogP contribution in [0.4, 0.5) is 0 Å². The fourth-order valence-corrected chi connectivity index (χ4v) is 1.89. The quantitative estimate of drug-likeness (QED) is 0.846. The highest BCUT2D eigenvalue weighted by atomic mass is 79.9. The van der Waals surface area contributed by atoms with E-state index in [2.05, 4.69) is 35.0 Å². The summed E-state index contributed by atoms with van der Waals surface area (Å²) in [5.41, 5.74) is 8.38. The molecule has 1 nitrogen and oxygen atoms in total. The van der Waals surface area contributed by atoms with Gasteiger partial charge >= 0.3 is 0 Å². The minimum Gasteiger partial charge on any atom is -0.322 e. The van der Waals surface area contributed by atoms with E-state index in [1.807, 2.05) is 19.9 Å². The summed E-state index contributed by atoms with van der Waals surface area (Å²) in [7, 11) is 0.